The third kappa shape index (κ3) is 3.73. The van der Waals surface area contributed by atoms with Crippen LogP contribution in [0.2, 0.25) is 0 Å². The minimum atomic E-state index is -0.151. The Hall–Kier alpha value is -3.65. The van der Waals surface area contributed by atoms with Crippen molar-refractivity contribution >= 4 is 22.7 Å². The molecule has 0 unspecified atom stereocenters. The fourth-order valence-electron chi connectivity index (χ4n) is 4.36. The molecule has 0 aliphatic carbocycles. The zero-order valence-electron chi connectivity index (χ0n) is 18.5. The number of hydrogen-bond acceptors (Lipinski definition) is 6. The number of piperazine rings is 1. The number of nitrogens with one attached hydrogen (secondary N) is 2. The second-order valence-electron chi connectivity index (χ2n) is 8.51. The minimum absolute atomic E-state index is 0.151. The summed E-state index contributed by atoms with van der Waals surface area (Å²) in [5, 5.41) is 7.83. The molecule has 1 aromatic carbocycles. The number of aromatic amines is 1. The molecule has 0 radical (unpaired) electrons. The topological polar surface area (TPSA) is 81.6 Å². The molecule has 2 atom stereocenters. The van der Waals surface area contributed by atoms with E-state index in [0.717, 1.165) is 35.7 Å². The van der Waals surface area contributed by atoms with Crippen molar-refractivity contribution in [3.05, 3.63) is 71.4 Å². The summed E-state index contributed by atoms with van der Waals surface area (Å²) in [7, 11) is 2.20. The van der Waals surface area contributed by atoms with Gasteiger partial charge in [0.25, 0.3) is 0 Å². The maximum atomic E-state index is 11.7. The quantitative estimate of drug-likeness (QED) is 0.518. The van der Waals surface area contributed by atoms with E-state index in [-0.39, 0.29) is 5.56 Å². The standard InChI is InChI=1S/C24H27N7O/c1-16-13-30(14-17(2)29(16)3)20-6-4-19(5-7-20)28-21-8-9-22(31-24(21)26-15-27-31)18-10-11-25-23(32)12-18/h4-12,15-17,28H,13-14H2,1-3H3,(H,25,32)/t16-,17+. The van der Waals surface area contributed by atoms with E-state index in [1.165, 1.54) is 12.0 Å². The number of likely N-dealkylation sites (N-methyl/N-ethyl adjacent to an activating group) is 1. The molecule has 32 heavy (non-hydrogen) atoms. The molecule has 1 fully saturated rings. The van der Waals surface area contributed by atoms with Crippen molar-refractivity contribution < 1.29 is 0 Å². The van der Waals surface area contributed by atoms with Gasteiger partial charge < -0.3 is 15.2 Å². The molecule has 4 heterocycles. The van der Waals surface area contributed by atoms with E-state index in [1.54, 1.807) is 16.8 Å². The highest BCUT2D eigenvalue weighted by Crippen LogP contribution is 2.28. The largest absolute Gasteiger partial charge is 0.368 e. The van der Waals surface area contributed by atoms with E-state index in [4.69, 9.17) is 0 Å². The Bertz CT molecular complexity index is 1280. The van der Waals surface area contributed by atoms with Crippen LogP contribution in [0, 0.1) is 0 Å². The predicted octanol–water partition coefficient (Wildman–Crippen LogP) is 3.36. The molecular formula is C24H27N7O. The third-order valence-corrected chi connectivity index (χ3v) is 6.37. The maximum absolute atomic E-state index is 11.7. The highest BCUT2D eigenvalue weighted by Gasteiger charge is 2.26. The van der Waals surface area contributed by atoms with Crippen LogP contribution in [0.15, 0.2) is 65.8 Å². The molecule has 2 N–H and O–H groups in total. The van der Waals surface area contributed by atoms with Crippen LogP contribution in [-0.4, -0.2) is 56.7 Å². The molecule has 0 bridgehead atoms. The van der Waals surface area contributed by atoms with Crippen LogP contribution in [0.25, 0.3) is 16.9 Å². The normalized spacial score (nSPS) is 19.4. The highest BCUT2D eigenvalue weighted by molar-refractivity contribution is 5.77. The number of anilines is 3. The van der Waals surface area contributed by atoms with Crippen LogP contribution in [-0.2, 0) is 0 Å². The first-order valence-electron chi connectivity index (χ1n) is 10.9. The molecule has 8 nitrogen and oxygen atoms in total. The summed E-state index contributed by atoms with van der Waals surface area (Å²) in [6.45, 7) is 6.60. The number of hydrogen-bond donors (Lipinski definition) is 2. The van der Waals surface area contributed by atoms with Crippen molar-refractivity contribution in [1.82, 2.24) is 24.5 Å². The van der Waals surface area contributed by atoms with Crippen LogP contribution in [0.4, 0.5) is 17.1 Å². The van der Waals surface area contributed by atoms with Gasteiger partial charge in [0.2, 0.25) is 5.56 Å². The number of aromatic nitrogens is 4. The van der Waals surface area contributed by atoms with Gasteiger partial charge in [0.15, 0.2) is 5.65 Å². The Morgan fingerprint density at radius 3 is 2.50 bits per heavy atom. The van der Waals surface area contributed by atoms with Crippen molar-refractivity contribution in [3.63, 3.8) is 0 Å². The molecule has 1 aliphatic heterocycles. The number of pyridine rings is 2. The molecule has 3 aromatic heterocycles. The van der Waals surface area contributed by atoms with Gasteiger partial charge in [-0.3, -0.25) is 9.69 Å². The molecule has 1 saturated heterocycles. The van der Waals surface area contributed by atoms with Gasteiger partial charge in [-0.2, -0.15) is 5.10 Å². The fourth-order valence-corrected chi connectivity index (χ4v) is 4.36. The Balaban J connectivity index is 1.39. The maximum Gasteiger partial charge on any atom is 0.248 e. The summed E-state index contributed by atoms with van der Waals surface area (Å²) >= 11 is 0. The molecule has 164 valence electrons. The summed E-state index contributed by atoms with van der Waals surface area (Å²) in [6, 6.07) is 16.9. The molecule has 1 aliphatic rings. The lowest BCUT2D eigenvalue weighted by Gasteiger charge is -2.43. The van der Waals surface area contributed by atoms with Crippen molar-refractivity contribution in [1.29, 1.82) is 0 Å². The lowest BCUT2D eigenvalue weighted by atomic mass is 10.1. The number of fused-ring (bicyclic) bond motifs is 1. The smallest absolute Gasteiger partial charge is 0.248 e. The Morgan fingerprint density at radius 1 is 1.03 bits per heavy atom. The van der Waals surface area contributed by atoms with E-state index >= 15 is 0 Å². The molecule has 4 aromatic rings. The first-order chi connectivity index (χ1) is 15.5. The van der Waals surface area contributed by atoms with Gasteiger partial charge in [0.1, 0.15) is 6.33 Å². The highest BCUT2D eigenvalue weighted by atomic mass is 16.1. The van der Waals surface area contributed by atoms with Gasteiger partial charge in [0, 0.05) is 54.4 Å². The summed E-state index contributed by atoms with van der Waals surface area (Å²) < 4.78 is 1.75. The van der Waals surface area contributed by atoms with E-state index < -0.39 is 0 Å². The first-order valence-corrected chi connectivity index (χ1v) is 10.9. The van der Waals surface area contributed by atoms with E-state index in [2.05, 4.69) is 75.3 Å². The molecule has 0 saturated carbocycles. The monoisotopic (exact) mass is 429 g/mol. The van der Waals surface area contributed by atoms with Gasteiger partial charge in [-0.05, 0) is 63.4 Å². The Labute approximate surface area is 186 Å². The second-order valence-corrected chi connectivity index (χ2v) is 8.51. The first kappa shape index (κ1) is 20.3. The molecule has 5 rings (SSSR count). The lowest BCUT2D eigenvalue weighted by molar-refractivity contribution is 0.170. The average molecular weight is 430 g/mol. The Kier molecular flexibility index (Phi) is 5.14. The van der Waals surface area contributed by atoms with Crippen LogP contribution in [0.3, 0.4) is 0 Å². The van der Waals surface area contributed by atoms with Gasteiger partial charge in [-0.15, -0.1) is 0 Å². The van der Waals surface area contributed by atoms with E-state index in [0.29, 0.717) is 17.7 Å². The summed E-state index contributed by atoms with van der Waals surface area (Å²) in [5.41, 5.74) is 5.22. The van der Waals surface area contributed by atoms with Crippen LogP contribution in [0.5, 0.6) is 0 Å². The van der Waals surface area contributed by atoms with E-state index in [1.807, 2.05) is 18.2 Å². The van der Waals surface area contributed by atoms with Crippen LogP contribution >= 0.6 is 0 Å². The average Bonchev–Trinajstić information content (AvgIpc) is 3.28. The minimum Gasteiger partial charge on any atom is -0.368 e. The lowest BCUT2D eigenvalue weighted by Crippen LogP contribution is -2.55. The fraction of sp³-hybridized carbons (Fsp3) is 0.292. The predicted molar refractivity (Wildman–Crippen MR) is 128 cm³/mol. The van der Waals surface area contributed by atoms with Gasteiger partial charge in [0.05, 0.1) is 11.4 Å². The van der Waals surface area contributed by atoms with Gasteiger partial charge in [-0.1, -0.05) is 0 Å². The number of rotatable bonds is 4. The zero-order valence-corrected chi connectivity index (χ0v) is 18.5. The Morgan fingerprint density at radius 2 is 1.78 bits per heavy atom. The zero-order chi connectivity index (χ0) is 22.2. The SMILES string of the molecule is C[C@@H]1CN(c2ccc(Nc3ccc(-c4cc[nH]c(=O)c4)n4ncnc34)cc2)C[C@H](C)N1C. The van der Waals surface area contributed by atoms with Crippen molar-refractivity contribution in [2.45, 2.75) is 25.9 Å². The van der Waals surface area contributed by atoms with Crippen molar-refractivity contribution in [2.24, 2.45) is 0 Å². The summed E-state index contributed by atoms with van der Waals surface area (Å²) in [5.74, 6) is 0. The molecule has 8 heteroatoms. The van der Waals surface area contributed by atoms with Gasteiger partial charge >= 0.3 is 0 Å². The van der Waals surface area contributed by atoms with E-state index in [9.17, 15) is 4.79 Å². The molecular weight excluding hydrogens is 402 g/mol. The van der Waals surface area contributed by atoms with Crippen LogP contribution < -0.4 is 15.8 Å². The third-order valence-electron chi connectivity index (χ3n) is 6.37. The second kappa shape index (κ2) is 8.12. The van der Waals surface area contributed by atoms with Gasteiger partial charge in [-0.25, -0.2) is 9.50 Å². The van der Waals surface area contributed by atoms with Crippen molar-refractivity contribution in [3.8, 4) is 11.3 Å². The number of benzene rings is 1. The summed E-state index contributed by atoms with van der Waals surface area (Å²) in [4.78, 5) is 23.7. The molecule has 0 spiro atoms. The summed E-state index contributed by atoms with van der Waals surface area (Å²) in [6.07, 6.45) is 3.16. The van der Waals surface area contributed by atoms with Crippen molar-refractivity contribution in [2.75, 3.05) is 30.4 Å². The number of nitrogens with zero attached hydrogens (tertiary/aromatic N) is 5. The van der Waals surface area contributed by atoms with Crippen LogP contribution in [0.1, 0.15) is 13.8 Å². The number of H-pyrrole nitrogens is 1. The molecule has 0 amide bonds.